The molecule has 1 aliphatic rings. The first kappa shape index (κ1) is 11.3. The zero-order valence-corrected chi connectivity index (χ0v) is 9.96. The van der Waals surface area contributed by atoms with E-state index in [2.05, 4.69) is 0 Å². The smallest absolute Gasteiger partial charge is 0.179 e. The average Bonchev–Trinajstić information content (AvgIpc) is 2.56. The monoisotopic (exact) mass is 238 g/mol. The van der Waals surface area contributed by atoms with Gasteiger partial charge in [0.1, 0.15) is 6.29 Å². The molecule has 2 rings (SSSR count). The van der Waals surface area contributed by atoms with Crippen LogP contribution in [0.1, 0.15) is 30.4 Å². The van der Waals surface area contributed by atoms with Gasteiger partial charge in [-0.05, 0) is 23.5 Å². The van der Waals surface area contributed by atoms with Crippen molar-refractivity contribution >= 4 is 16.1 Å². The van der Waals surface area contributed by atoms with Gasteiger partial charge in [0.2, 0.25) is 0 Å². The fourth-order valence-corrected chi connectivity index (χ4v) is 4.08. The largest absolute Gasteiger partial charge is 0.303 e. The summed E-state index contributed by atoms with van der Waals surface area (Å²) in [6.07, 6.45) is 1.80. The molecule has 1 heterocycles. The van der Waals surface area contributed by atoms with E-state index in [9.17, 15) is 13.2 Å². The van der Waals surface area contributed by atoms with Crippen LogP contribution in [-0.4, -0.2) is 20.5 Å². The predicted octanol–water partition coefficient (Wildman–Crippen LogP) is 1.71. The Labute approximate surface area is 95.4 Å². The first-order valence-electron chi connectivity index (χ1n) is 5.34. The Morgan fingerprint density at radius 2 is 2.19 bits per heavy atom. The Kier molecular flexibility index (Phi) is 2.84. The minimum atomic E-state index is -3.12. The third-order valence-corrected chi connectivity index (χ3v) is 4.92. The number of aldehydes is 1. The molecule has 0 aliphatic carbocycles. The molecule has 0 saturated carbocycles. The summed E-state index contributed by atoms with van der Waals surface area (Å²) in [5, 5.41) is 0. The molecule has 4 heteroatoms. The minimum Gasteiger partial charge on any atom is -0.303 e. The highest BCUT2D eigenvalue weighted by atomic mass is 32.2. The van der Waals surface area contributed by atoms with E-state index in [1.54, 1.807) is 0 Å². The summed E-state index contributed by atoms with van der Waals surface area (Å²) in [6.45, 7) is 1.89. The van der Waals surface area contributed by atoms with Crippen LogP contribution in [0, 0.1) is 0 Å². The molecule has 1 aliphatic heterocycles. The molecule has 0 bridgehead atoms. The van der Waals surface area contributed by atoms with Crippen molar-refractivity contribution in [3.63, 3.8) is 0 Å². The van der Waals surface area contributed by atoms with Crippen LogP contribution in [0.3, 0.4) is 0 Å². The number of fused-ring (bicyclic) bond motifs is 1. The van der Waals surface area contributed by atoms with Crippen molar-refractivity contribution in [3.05, 3.63) is 29.3 Å². The average molecular weight is 238 g/mol. The van der Waals surface area contributed by atoms with Gasteiger partial charge in [0.05, 0.1) is 10.6 Å². The standard InChI is InChI=1S/C12H14O3S/c1-9(5-7-13)11-4-2-3-10-6-8-16(14,15)12(10)11/h2-4,7,9H,5-6,8H2,1H3. The Morgan fingerprint density at radius 3 is 2.88 bits per heavy atom. The normalized spacial score (nSPS) is 19.1. The van der Waals surface area contributed by atoms with Gasteiger partial charge in [-0.2, -0.15) is 0 Å². The lowest BCUT2D eigenvalue weighted by atomic mass is 9.96. The Morgan fingerprint density at radius 1 is 1.44 bits per heavy atom. The highest BCUT2D eigenvalue weighted by Crippen LogP contribution is 2.34. The lowest BCUT2D eigenvalue weighted by molar-refractivity contribution is -0.108. The number of carbonyl (C=O) groups is 1. The third-order valence-electron chi connectivity index (χ3n) is 3.06. The molecule has 0 spiro atoms. The summed E-state index contributed by atoms with van der Waals surface area (Å²) >= 11 is 0. The molecule has 1 atom stereocenters. The molecule has 1 aromatic rings. The summed E-state index contributed by atoms with van der Waals surface area (Å²) in [7, 11) is -3.12. The van der Waals surface area contributed by atoms with Crippen molar-refractivity contribution in [1.82, 2.24) is 0 Å². The van der Waals surface area contributed by atoms with E-state index in [0.29, 0.717) is 17.7 Å². The molecular weight excluding hydrogens is 224 g/mol. The van der Waals surface area contributed by atoms with Crippen molar-refractivity contribution < 1.29 is 13.2 Å². The highest BCUT2D eigenvalue weighted by Gasteiger charge is 2.30. The van der Waals surface area contributed by atoms with Crippen LogP contribution < -0.4 is 0 Å². The lowest BCUT2D eigenvalue weighted by Crippen LogP contribution is -2.05. The quantitative estimate of drug-likeness (QED) is 0.753. The molecule has 1 unspecified atom stereocenters. The summed E-state index contributed by atoms with van der Waals surface area (Å²) in [5.74, 6) is 0.174. The molecular formula is C12H14O3S. The van der Waals surface area contributed by atoms with Gasteiger partial charge in [0.15, 0.2) is 9.84 Å². The Hall–Kier alpha value is -1.16. The third kappa shape index (κ3) is 1.78. The second-order valence-electron chi connectivity index (χ2n) is 4.21. The maximum atomic E-state index is 11.9. The summed E-state index contributed by atoms with van der Waals surface area (Å²) in [6, 6.07) is 5.54. The van der Waals surface area contributed by atoms with Gasteiger partial charge in [-0.3, -0.25) is 0 Å². The van der Waals surface area contributed by atoms with Crippen molar-refractivity contribution in [2.24, 2.45) is 0 Å². The van der Waals surface area contributed by atoms with Crippen molar-refractivity contribution in [3.8, 4) is 0 Å². The van der Waals surface area contributed by atoms with E-state index >= 15 is 0 Å². The van der Waals surface area contributed by atoms with Gasteiger partial charge in [-0.15, -0.1) is 0 Å². The van der Waals surface area contributed by atoms with E-state index in [4.69, 9.17) is 0 Å². The molecule has 1 aromatic carbocycles. The minimum absolute atomic E-state index is 0.0275. The number of sulfone groups is 1. The topological polar surface area (TPSA) is 51.2 Å². The zero-order valence-electron chi connectivity index (χ0n) is 9.14. The van der Waals surface area contributed by atoms with Gasteiger partial charge in [0.25, 0.3) is 0 Å². The van der Waals surface area contributed by atoms with Crippen LogP contribution in [0.25, 0.3) is 0 Å². The molecule has 0 aromatic heterocycles. The molecule has 0 radical (unpaired) electrons. The summed E-state index contributed by atoms with van der Waals surface area (Å²) in [4.78, 5) is 11.0. The van der Waals surface area contributed by atoms with Gasteiger partial charge in [-0.1, -0.05) is 25.1 Å². The Balaban J connectivity index is 2.57. The van der Waals surface area contributed by atoms with E-state index < -0.39 is 9.84 Å². The van der Waals surface area contributed by atoms with Crippen molar-refractivity contribution in [2.45, 2.75) is 30.6 Å². The van der Waals surface area contributed by atoms with Gasteiger partial charge >= 0.3 is 0 Å². The van der Waals surface area contributed by atoms with Crippen LogP contribution in [0.2, 0.25) is 0 Å². The van der Waals surface area contributed by atoms with Crippen LogP contribution in [0.15, 0.2) is 23.1 Å². The second kappa shape index (κ2) is 4.01. The van der Waals surface area contributed by atoms with Crippen molar-refractivity contribution in [2.75, 3.05) is 5.75 Å². The number of benzene rings is 1. The Bertz CT molecular complexity index is 517. The maximum absolute atomic E-state index is 11.9. The van der Waals surface area contributed by atoms with Gasteiger partial charge in [0, 0.05) is 6.42 Å². The predicted molar refractivity (Wildman–Crippen MR) is 61.3 cm³/mol. The number of hydrogen-bond acceptors (Lipinski definition) is 3. The van der Waals surface area contributed by atoms with Crippen LogP contribution >= 0.6 is 0 Å². The summed E-state index contributed by atoms with van der Waals surface area (Å²) < 4.78 is 23.8. The molecule has 16 heavy (non-hydrogen) atoms. The van der Waals surface area contributed by atoms with E-state index in [-0.39, 0.29) is 11.7 Å². The second-order valence-corrected chi connectivity index (χ2v) is 6.25. The molecule has 0 amide bonds. The van der Waals surface area contributed by atoms with E-state index in [1.807, 2.05) is 25.1 Å². The highest BCUT2D eigenvalue weighted by molar-refractivity contribution is 7.91. The van der Waals surface area contributed by atoms with Gasteiger partial charge < -0.3 is 4.79 Å². The SMILES string of the molecule is CC(CC=O)c1cccc2c1S(=O)(=O)CC2. The van der Waals surface area contributed by atoms with Crippen LogP contribution in [0.4, 0.5) is 0 Å². The number of rotatable bonds is 3. The zero-order chi connectivity index (χ0) is 11.8. The number of aryl methyl sites for hydroxylation is 1. The maximum Gasteiger partial charge on any atom is 0.179 e. The number of hydrogen-bond donors (Lipinski definition) is 0. The molecule has 86 valence electrons. The first-order chi connectivity index (χ1) is 7.56. The lowest BCUT2D eigenvalue weighted by Gasteiger charge is -2.12. The summed E-state index contributed by atoms with van der Waals surface area (Å²) in [5.41, 5.74) is 1.69. The molecule has 0 fully saturated rings. The fraction of sp³-hybridized carbons (Fsp3) is 0.417. The fourth-order valence-electron chi connectivity index (χ4n) is 2.19. The van der Waals surface area contributed by atoms with Crippen molar-refractivity contribution in [1.29, 1.82) is 0 Å². The molecule has 0 saturated heterocycles. The van der Waals surface area contributed by atoms with E-state index in [1.165, 1.54) is 0 Å². The number of carbonyl (C=O) groups excluding carboxylic acids is 1. The first-order valence-corrected chi connectivity index (χ1v) is 6.99. The van der Waals surface area contributed by atoms with Gasteiger partial charge in [-0.25, -0.2) is 8.42 Å². The van der Waals surface area contributed by atoms with E-state index in [0.717, 1.165) is 17.4 Å². The molecule has 3 nitrogen and oxygen atoms in total. The van der Waals surface area contributed by atoms with Crippen LogP contribution in [-0.2, 0) is 21.1 Å². The molecule has 0 N–H and O–H groups in total. The van der Waals surface area contributed by atoms with Crippen LogP contribution in [0.5, 0.6) is 0 Å².